The molecule has 0 saturated carbocycles. The van der Waals surface area contributed by atoms with Gasteiger partial charge in [0.1, 0.15) is 5.75 Å². The van der Waals surface area contributed by atoms with Gasteiger partial charge in [0, 0.05) is 44.8 Å². The number of hydrogen-bond donors (Lipinski definition) is 0. The Kier molecular flexibility index (Phi) is 6.49. The van der Waals surface area contributed by atoms with Crippen LogP contribution in [0.25, 0.3) is 0 Å². The minimum absolute atomic E-state index is 0.493. The maximum atomic E-state index is 5.80. The van der Waals surface area contributed by atoms with Crippen LogP contribution in [0.4, 0.5) is 0 Å². The highest BCUT2D eigenvalue weighted by molar-refractivity contribution is 5.47. The Bertz CT molecular complexity index is 503. The molecule has 0 atom stereocenters. The van der Waals surface area contributed by atoms with Crippen molar-refractivity contribution < 1.29 is 4.74 Å². The Hall–Kier alpha value is -1.06. The number of nitrogens with zero attached hydrogens (tertiary/aromatic N) is 2. The standard InChI is InChI=1S/C20H34N2O/c1-15(2)13-21-9-11-22(12-10-21)14-18-8-7-17(5)19(16(3)4)20(18)23-6/h7-8,15-16H,9-14H2,1-6H3. The van der Waals surface area contributed by atoms with E-state index in [1.807, 2.05) is 7.11 Å². The minimum Gasteiger partial charge on any atom is -0.496 e. The Morgan fingerprint density at radius 3 is 2.13 bits per heavy atom. The molecule has 1 aromatic carbocycles. The van der Waals surface area contributed by atoms with Crippen molar-refractivity contribution in [2.24, 2.45) is 5.92 Å². The number of aryl methyl sites for hydroxylation is 1. The lowest BCUT2D eigenvalue weighted by Crippen LogP contribution is -2.46. The van der Waals surface area contributed by atoms with Gasteiger partial charge in [-0.05, 0) is 29.9 Å². The van der Waals surface area contributed by atoms with Gasteiger partial charge in [0.15, 0.2) is 0 Å². The monoisotopic (exact) mass is 318 g/mol. The van der Waals surface area contributed by atoms with Crippen LogP contribution in [0.5, 0.6) is 5.75 Å². The van der Waals surface area contributed by atoms with E-state index in [-0.39, 0.29) is 0 Å². The molecular formula is C20H34N2O. The quantitative estimate of drug-likeness (QED) is 0.791. The fourth-order valence-corrected chi connectivity index (χ4v) is 3.71. The van der Waals surface area contributed by atoms with Crippen LogP contribution in [0.1, 0.15) is 50.3 Å². The van der Waals surface area contributed by atoms with Gasteiger partial charge in [0.25, 0.3) is 0 Å². The molecule has 0 aliphatic carbocycles. The molecule has 130 valence electrons. The van der Waals surface area contributed by atoms with E-state index in [0.717, 1.165) is 31.3 Å². The summed E-state index contributed by atoms with van der Waals surface area (Å²) in [6.07, 6.45) is 0. The summed E-state index contributed by atoms with van der Waals surface area (Å²) in [5, 5.41) is 0. The minimum atomic E-state index is 0.493. The number of hydrogen-bond acceptors (Lipinski definition) is 3. The fraction of sp³-hybridized carbons (Fsp3) is 0.700. The summed E-state index contributed by atoms with van der Waals surface area (Å²) in [5.74, 6) is 2.35. The molecular weight excluding hydrogens is 284 g/mol. The summed E-state index contributed by atoms with van der Waals surface area (Å²) in [4.78, 5) is 5.15. The molecule has 1 fully saturated rings. The summed E-state index contributed by atoms with van der Waals surface area (Å²) in [7, 11) is 1.81. The molecule has 0 unspecified atom stereocenters. The van der Waals surface area contributed by atoms with E-state index in [0.29, 0.717) is 5.92 Å². The van der Waals surface area contributed by atoms with E-state index in [1.54, 1.807) is 0 Å². The Balaban J connectivity index is 2.05. The molecule has 0 N–H and O–H groups in total. The average Bonchev–Trinajstić information content (AvgIpc) is 2.49. The molecule has 1 aliphatic rings. The number of rotatable bonds is 6. The van der Waals surface area contributed by atoms with Gasteiger partial charge in [-0.15, -0.1) is 0 Å². The van der Waals surface area contributed by atoms with Crippen LogP contribution < -0.4 is 4.74 Å². The second-order valence-electron chi connectivity index (χ2n) is 7.61. The molecule has 1 heterocycles. The zero-order chi connectivity index (χ0) is 17.0. The van der Waals surface area contributed by atoms with Gasteiger partial charge < -0.3 is 9.64 Å². The van der Waals surface area contributed by atoms with Gasteiger partial charge in [-0.25, -0.2) is 0 Å². The first kappa shape index (κ1) is 18.3. The predicted molar refractivity (Wildman–Crippen MR) is 98.4 cm³/mol. The summed E-state index contributed by atoms with van der Waals surface area (Å²) in [6, 6.07) is 4.50. The predicted octanol–water partition coefficient (Wildman–Crippen LogP) is 3.90. The van der Waals surface area contributed by atoms with Crippen LogP contribution in [-0.2, 0) is 6.54 Å². The Morgan fingerprint density at radius 2 is 1.61 bits per heavy atom. The van der Waals surface area contributed by atoms with Crippen LogP contribution in [0.3, 0.4) is 0 Å². The van der Waals surface area contributed by atoms with Crippen LogP contribution in [0, 0.1) is 12.8 Å². The van der Waals surface area contributed by atoms with Gasteiger partial charge >= 0.3 is 0 Å². The van der Waals surface area contributed by atoms with E-state index in [9.17, 15) is 0 Å². The second kappa shape index (κ2) is 8.16. The SMILES string of the molecule is COc1c(CN2CCN(CC(C)C)CC2)ccc(C)c1C(C)C. The normalized spacial score (nSPS) is 17.2. The van der Waals surface area contributed by atoms with Crippen LogP contribution >= 0.6 is 0 Å². The summed E-state index contributed by atoms with van der Waals surface area (Å²) >= 11 is 0. The van der Waals surface area contributed by atoms with Crippen molar-refractivity contribution in [2.45, 2.75) is 47.1 Å². The first-order chi connectivity index (χ1) is 10.9. The summed E-state index contributed by atoms with van der Waals surface area (Å²) in [6.45, 7) is 18.2. The maximum Gasteiger partial charge on any atom is 0.127 e. The molecule has 1 aliphatic heterocycles. The van der Waals surface area contributed by atoms with Crippen LogP contribution in [0.2, 0.25) is 0 Å². The Morgan fingerprint density at radius 1 is 1.00 bits per heavy atom. The van der Waals surface area contributed by atoms with Gasteiger partial charge in [0.05, 0.1) is 7.11 Å². The molecule has 3 heteroatoms. The lowest BCUT2D eigenvalue weighted by atomic mass is 9.94. The average molecular weight is 319 g/mol. The molecule has 2 rings (SSSR count). The van der Waals surface area contributed by atoms with Crippen molar-refractivity contribution in [2.75, 3.05) is 39.8 Å². The van der Waals surface area contributed by atoms with E-state index >= 15 is 0 Å². The van der Waals surface area contributed by atoms with Crippen molar-refractivity contribution >= 4 is 0 Å². The zero-order valence-electron chi connectivity index (χ0n) is 15.9. The highest BCUT2D eigenvalue weighted by Gasteiger charge is 2.20. The van der Waals surface area contributed by atoms with Crippen molar-refractivity contribution in [3.05, 3.63) is 28.8 Å². The third-order valence-corrected chi connectivity index (χ3v) is 4.76. The first-order valence-electron chi connectivity index (χ1n) is 9.03. The second-order valence-corrected chi connectivity index (χ2v) is 7.61. The lowest BCUT2D eigenvalue weighted by molar-refractivity contribution is 0.117. The molecule has 1 aromatic rings. The molecule has 0 aromatic heterocycles. The highest BCUT2D eigenvalue weighted by Crippen LogP contribution is 2.33. The number of piperazine rings is 1. The first-order valence-corrected chi connectivity index (χ1v) is 9.03. The van der Waals surface area contributed by atoms with E-state index in [4.69, 9.17) is 4.74 Å². The van der Waals surface area contributed by atoms with Crippen molar-refractivity contribution in [1.82, 2.24) is 9.80 Å². The van der Waals surface area contributed by atoms with Gasteiger partial charge in [-0.3, -0.25) is 4.90 Å². The molecule has 0 spiro atoms. The van der Waals surface area contributed by atoms with Crippen molar-refractivity contribution in [1.29, 1.82) is 0 Å². The van der Waals surface area contributed by atoms with Crippen LogP contribution in [-0.4, -0.2) is 49.6 Å². The molecule has 0 amide bonds. The molecule has 0 bridgehead atoms. The summed E-state index contributed by atoms with van der Waals surface area (Å²) in [5.41, 5.74) is 4.03. The topological polar surface area (TPSA) is 15.7 Å². The largest absolute Gasteiger partial charge is 0.496 e. The number of ether oxygens (including phenoxy) is 1. The smallest absolute Gasteiger partial charge is 0.127 e. The fourth-order valence-electron chi connectivity index (χ4n) is 3.71. The van der Waals surface area contributed by atoms with Gasteiger partial charge in [-0.2, -0.15) is 0 Å². The van der Waals surface area contributed by atoms with Gasteiger partial charge in [0.2, 0.25) is 0 Å². The van der Waals surface area contributed by atoms with Crippen molar-refractivity contribution in [3.8, 4) is 5.75 Å². The molecule has 23 heavy (non-hydrogen) atoms. The Labute approximate surface area is 142 Å². The molecule has 0 radical (unpaired) electrons. The number of methoxy groups -OCH3 is 1. The van der Waals surface area contributed by atoms with Gasteiger partial charge in [-0.1, -0.05) is 39.8 Å². The van der Waals surface area contributed by atoms with E-state index < -0.39 is 0 Å². The summed E-state index contributed by atoms with van der Waals surface area (Å²) < 4.78 is 5.80. The lowest BCUT2D eigenvalue weighted by Gasteiger charge is -2.36. The van der Waals surface area contributed by atoms with Crippen molar-refractivity contribution in [3.63, 3.8) is 0 Å². The third-order valence-electron chi connectivity index (χ3n) is 4.76. The zero-order valence-corrected chi connectivity index (χ0v) is 15.9. The van der Waals surface area contributed by atoms with E-state index in [1.165, 1.54) is 36.3 Å². The number of benzene rings is 1. The molecule has 1 saturated heterocycles. The third kappa shape index (κ3) is 4.71. The maximum absolute atomic E-state index is 5.80. The van der Waals surface area contributed by atoms with E-state index in [2.05, 4.69) is 56.6 Å². The highest BCUT2D eigenvalue weighted by atomic mass is 16.5. The molecule has 3 nitrogen and oxygen atoms in total. The van der Waals surface area contributed by atoms with Crippen LogP contribution in [0.15, 0.2) is 12.1 Å².